The molecule has 1 saturated heterocycles. The highest BCUT2D eigenvalue weighted by Gasteiger charge is 2.32. The summed E-state index contributed by atoms with van der Waals surface area (Å²) in [7, 11) is -3.60. The molecule has 0 bridgehead atoms. The predicted octanol–water partition coefficient (Wildman–Crippen LogP) is 1.49. The van der Waals surface area contributed by atoms with Gasteiger partial charge in [0, 0.05) is 44.5 Å². The van der Waals surface area contributed by atoms with Gasteiger partial charge in [0.25, 0.3) is 10.0 Å². The standard InChI is InChI=1S/C17H17FN4O2S/c18-14-5-3-7-19-15(14)12-21-8-10-22(11-9-21)17-13-4-1-2-6-16(13)25(23,24)20-17/h1-7H,8-12H2. The van der Waals surface area contributed by atoms with Crippen LogP contribution in [0.2, 0.25) is 0 Å². The number of piperazine rings is 1. The maximum absolute atomic E-state index is 13.7. The monoisotopic (exact) mass is 360 g/mol. The van der Waals surface area contributed by atoms with Crippen molar-refractivity contribution < 1.29 is 12.8 Å². The molecule has 25 heavy (non-hydrogen) atoms. The van der Waals surface area contributed by atoms with Crippen LogP contribution in [0, 0.1) is 5.82 Å². The molecule has 0 amide bonds. The Labute approximate surface area is 145 Å². The van der Waals surface area contributed by atoms with Crippen molar-refractivity contribution >= 4 is 15.9 Å². The van der Waals surface area contributed by atoms with Crippen molar-refractivity contribution in [2.75, 3.05) is 26.2 Å². The minimum Gasteiger partial charge on any atom is -0.353 e. The first-order valence-electron chi connectivity index (χ1n) is 8.06. The topological polar surface area (TPSA) is 65.9 Å². The van der Waals surface area contributed by atoms with Crippen molar-refractivity contribution in [2.45, 2.75) is 11.4 Å². The molecule has 0 saturated carbocycles. The van der Waals surface area contributed by atoms with Gasteiger partial charge in [-0.15, -0.1) is 4.40 Å². The van der Waals surface area contributed by atoms with Crippen molar-refractivity contribution in [3.05, 3.63) is 59.7 Å². The SMILES string of the molecule is O=S1(=O)N=C(N2CCN(Cc3ncccc3F)CC2)c2ccccc21. The third-order valence-corrected chi connectivity index (χ3v) is 5.82. The predicted molar refractivity (Wildman–Crippen MR) is 91.2 cm³/mol. The number of benzene rings is 1. The van der Waals surface area contributed by atoms with Crippen molar-refractivity contribution in [2.24, 2.45) is 4.40 Å². The van der Waals surface area contributed by atoms with Gasteiger partial charge in [-0.1, -0.05) is 12.1 Å². The molecule has 0 spiro atoms. The molecule has 0 radical (unpaired) electrons. The quantitative estimate of drug-likeness (QED) is 0.812. The van der Waals surface area contributed by atoms with E-state index >= 15 is 0 Å². The molecule has 8 heteroatoms. The summed E-state index contributed by atoms with van der Waals surface area (Å²) in [4.78, 5) is 8.44. The van der Waals surface area contributed by atoms with Crippen LogP contribution in [0.3, 0.4) is 0 Å². The van der Waals surface area contributed by atoms with Crippen LogP contribution < -0.4 is 0 Å². The highest BCUT2D eigenvalue weighted by molar-refractivity contribution is 7.90. The average Bonchev–Trinajstić information content (AvgIpc) is 2.90. The van der Waals surface area contributed by atoms with Crippen molar-refractivity contribution in [1.82, 2.24) is 14.8 Å². The summed E-state index contributed by atoms with van der Waals surface area (Å²) in [5, 5.41) is 0. The number of hydrogen-bond acceptors (Lipinski definition) is 5. The second-order valence-corrected chi connectivity index (χ2v) is 7.65. The Kier molecular flexibility index (Phi) is 4.01. The molecule has 1 aromatic carbocycles. The van der Waals surface area contributed by atoms with E-state index in [1.54, 1.807) is 30.5 Å². The third kappa shape index (κ3) is 3.03. The molecule has 2 aliphatic heterocycles. The van der Waals surface area contributed by atoms with E-state index in [0.29, 0.717) is 49.8 Å². The van der Waals surface area contributed by atoms with Gasteiger partial charge in [-0.25, -0.2) is 4.39 Å². The van der Waals surface area contributed by atoms with E-state index in [-0.39, 0.29) is 10.7 Å². The van der Waals surface area contributed by atoms with Gasteiger partial charge in [0.15, 0.2) is 5.84 Å². The van der Waals surface area contributed by atoms with E-state index in [2.05, 4.69) is 14.3 Å². The molecule has 6 nitrogen and oxygen atoms in total. The summed E-state index contributed by atoms with van der Waals surface area (Å²) >= 11 is 0. The number of aromatic nitrogens is 1. The largest absolute Gasteiger partial charge is 0.353 e. The van der Waals surface area contributed by atoms with Gasteiger partial charge in [0.1, 0.15) is 10.7 Å². The van der Waals surface area contributed by atoms with Crippen molar-refractivity contribution in [3.63, 3.8) is 0 Å². The number of fused-ring (bicyclic) bond motifs is 1. The number of rotatable bonds is 2. The number of nitrogens with zero attached hydrogens (tertiary/aromatic N) is 4. The zero-order valence-corrected chi connectivity index (χ0v) is 14.3. The molecule has 0 N–H and O–H groups in total. The Morgan fingerprint density at radius 1 is 1.04 bits per heavy atom. The molecule has 0 aliphatic carbocycles. The van der Waals surface area contributed by atoms with Gasteiger partial charge in [0.2, 0.25) is 0 Å². The fraction of sp³-hybridized carbons (Fsp3) is 0.294. The highest BCUT2D eigenvalue weighted by Crippen LogP contribution is 2.27. The summed E-state index contributed by atoms with van der Waals surface area (Å²) in [5.41, 5.74) is 1.09. The van der Waals surface area contributed by atoms with Crippen LogP contribution >= 0.6 is 0 Å². The fourth-order valence-electron chi connectivity index (χ4n) is 3.18. The Bertz CT molecular complexity index is 937. The molecule has 4 rings (SSSR count). The molecule has 3 heterocycles. The summed E-state index contributed by atoms with van der Waals surface area (Å²) in [5.74, 6) is 0.212. The Hall–Kier alpha value is -2.32. The molecule has 2 aliphatic rings. The van der Waals surface area contributed by atoms with Crippen LogP contribution in [0.4, 0.5) is 4.39 Å². The normalized spacial score (nSPS) is 19.6. The lowest BCUT2D eigenvalue weighted by molar-refractivity contribution is 0.172. The zero-order valence-electron chi connectivity index (χ0n) is 13.5. The number of sulfonamides is 1. The lowest BCUT2D eigenvalue weighted by Crippen LogP contribution is -2.48. The molecule has 0 atom stereocenters. The molecule has 1 aromatic heterocycles. The molecule has 2 aromatic rings. The van der Waals surface area contributed by atoms with E-state index in [1.165, 1.54) is 6.07 Å². The summed E-state index contributed by atoms with van der Waals surface area (Å²) in [6, 6.07) is 9.87. The summed E-state index contributed by atoms with van der Waals surface area (Å²) in [6.45, 7) is 3.10. The average molecular weight is 360 g/mol. The van der Waals surface area contributed by atoms with Crippen LogP contribution in [0.1, 0.15) is 11.3 Å². The first-order chi connectivity index (χ1) is 12.0. The minimum absolute atomic E-state index is 0.267. The number of amidine groups is 1. The summed E-state index contributed by atoms with van der Waals surface area (Å²) < 4.78 is 42.0. The Morgan fingerprint density at radius 3 is 2.56 bits per heavy atom. The molecule has 1 fully saturated rings. The van der Waals surface area contributed by atoms with E-state index in [4.69, 9.17) is 0 Å². The Balaban J connectivity index is 1.47. The van der Waals surface area contributed by atoms with Crippen molar-refractivity contribution in [3.8, 4) is 0 Å². The van der Waals surface area contributed by atoms with Crippen molar-refractivity contribution in [1.29, 1.82) is 0 Å². The van der Waals surface area contributed by atoms with Gasteiger partial charge in [-0.05, 0) is 24.3 Å². The number of pyridine rings is 1. The second kappa shape index (κ2) is 6.20. The molecular weight excluding hydrogens is 343 g/mol. The number of halogens is 1. The van der Waals surface area contributed by atoms with Gasteiger partial charge < -0.3 is 4.90 Å². The Morgan fingerprint density at radius 2 is 1.80 bits per heavy atom. The van der Waals surface area contributed by atoms with Crippen LogP contribution in [-0.4, -0.2) is 55.2 Å². The molecule has 130 valence electrons. The smallest absolute Gasteiger partial charge is 0.285 e. The van der Waals surface area contributed by atoms with E-state index in [1.807, 2.05) is 11.0 Å². The van der Waals surface area contributed by atoms with Gasteiger partial charge in [-0.2, -0.15) is 8.42 Å². The van der Waals surface area contributed by atoms with Crippen LogP contribution in [0.5, 0.6) is 0 Å². The lowest BCUT2D eigenvalue weighted by atomic mass is 10.1. The van der Waals surface area contributed by atoms with E-state index in [0.717, 1.165) is 0 Å². The maximum Gasteiger partial charge on any atom is 0.285 e. The zero-order chi connectivity index (χ0) is 17.4. The van der Waals surface area contributed by atoms with E-state index < -0.39 is 10.0 Å². The lowest BCUT2D eigenvalue weighted by Gasteiger charge is -2.35. The van der Waals surface area contributed by atoms with Gasteiger partial charge in [0.05, 0.1) is 5.69 Å². The second-order valence-electron chi connectivity index (χ2n) is 6.08. The number of hydrogen-bond donors (Lipinski definition) is 0. The van der Waals surface area contributed by atoms with Crippen LogP contribution in [0.15, 0.2) is 51.9 Å². The van der Waals surface area contributed by atoms with Gasteiger partial charge >= 0.3 is 0 Å². The molecule has 0 unspecified atom stereocenters. The van der Waals surface area contributed by atoms with Crippen LogP contribution in [-0.2, 0) is 16.6 Å². The third-order valence-electron chi connectivity index (χ3n) is 4.49. The maximum atomic E-state index is 13.7. The first-order valence-corrected chi connectivity index (χ1v) is 9.50. The van der Waals surface area contributed by atoms with E-state index in [9.17, 15) is 12.8 Å². The fourth-order valence-corrected chi connectivity index (χ4v) is 4.41. The van der Waals surface area contributed by atoms with Gasteiger partial charge in [-0.3, -0.25) is 9.88 Å². The first kappa shape index (κ1) is 16.2. The van der Waals surface area contributed by atoms with Crippen LogP contribution in [0.25, 0.3) is 0 Å². The molecular formula is C17H17FN4O2S. The summed E-state index contributed by atoms with van der Waals surface area (Å²) in [6.07, 6.45) is 1.59. The minimum atomic E-state index is -3.60. The highest BCUT2D eigenvalue weighted by atomic mass is 32.2.